The van der Waals surface area contributed by atoms with Gasteiger partial charge in [0.1, 0.15) is 18.0 Å². The third kappa shape index (κ3) is 3.80. The van der Waals surface area contributed by atoms with E-state index >= 15 is 0 Å². The first-order valence-corrected chi connectivity index (χ1v) is 10.4. The average Bonchev–Trinajstić information content (AvgIpc) is 2.80. The zero-order valence-electron chi connectivity index (χ0n) is 18.5. The van der Waals surface area contributed by atoms with Gasteiger partial charge in [-0.2, -0.15) is 0 Å². The van der Waals surface area contributed by atoms with Crippen LogP contribution in [0.15, 0.2) is 61.1 Å². The van der Waals surface area contributed by atoms with Gasteiger partial charge in [-0.25, -0.2) is 9.97 Å². The molecular weight excluding hydrogens is 398 g/mol. The van der Waals surface area contributed by atoms with Crippen LogP contribution in [0, 0.1) is 12.3 Å². The van der Waals surface area contributed by atoms with Gasteiger partial charge in [0.05, 0.1) is 17.8 Å². The van der Waals surface area contributed by atoms with Crippen molar-refractivity contribution in [3.63, 3.8) is 0 Å². The summed E-state index contributed by atoms with van der Waals surface area (Å²) in [6.45, 7) is 6.88. The molecule has 5 N–H and O–H groups in total. The second-order valence-corrected chi connectivity index (χ2v) is 7.72. The average molecular weight is 426 g/mol. The van der Waals surface area contributed by atoms with Crippen LogP contribution in [0.5, 0.6) is 0 Å². The van der Waals surface area contributed by atoms with Crippen LogP contribution < -0.4 is 16.4 Å². The molecule has 0 aliphatic carbocycles. The third-order valence-electron chi connectivity index (χ3n) is 5.75. The van der Waals surface area contributed by atoms with Gasteiger partial charge in [-0.05, 0) is 36.3 Å². The highest BCUT2D eigenvalue weighted by Gasteiger charge is 2.22. The molecule has 32 heavy (non-hydrogen) atoms. The van der Waals surface area contributed by atoms with Gasteiger partial charge in [-0.1, -0.05) is 36.9 Å². The zero-order chi connectivity index (χ0) is 22.8. The summed E-state index contributed by atoms with van der Waals surface area (Å²) in [5, 5.41) is 15.2. The number of hydrogen-bond donors (Lipinski definition) is 4. The van der Waals surface area contributed by atoms with Gasteiger partial charge in [0.25, 0.3) is 0 Å². The van der Waals surface area contributed by atoms with Gasteiger partial charge < -0.3 is 21.3 Å². The molecule has 7 heteroatoms. The molecule has 1 aromatic heterocycles. The molecule has 2 aromatic carbocycles. The van der Waals surface area contributed by atoms with Crippen LogP contribution in [0.4, 0.5) is 17.3 Å². The molecule has 1 aliphatic rings. The third-order valence-corrected chi connectivity index (χ3v) is 5.75. The lowest BCUT2D eigenvalue weighted by molar-refractivity contribution is 0.589. The van der Waals surface area contributed by atoms with Crippen molar-refractivity contribution in [3.05, 3.63) is 88.9 Å². The lowest BCUT2D eigenvalue weighted by Gasteiger charge is -2.31. The molecule has 3 aromatic rings. The molecule has 0 radical (unpaired) electrons. The first-order chi connectivity index (χ1) is 15.4. The van der Waals surface area contributed by atoms with Crippen LogP contribution in [0.3, 0.4) is 0 Å². The molecule has 0 saturated heterocycles. The largest absolute Gasteiger partial charge is 0.388 e. The standard InChI is InChI=1S/C25H27N7/c1-15-7-5-8-17-12-20(32(4)16(2)21(15)17)13-29-25-22(24(27)30-14-31-25)23(26)18-9-6-10-19(11-18)28-3/h5-12,14,26,28H,2,13H2,1,3-4H3,(H3,27,29,30,31). The molecule has 0 unspecified atom stereocenters. The van der Waals surface area contributed by atoms with Gasteiger partial charge in [-0.15, -0.1) is 0 Å². The van der Waals surface area contributed by atoms with E-state index in [9.17, 15) is 0 Å². The van der Waals surface area contributed by atoms with Gasteiger partial charge in [0.15, 0.2) is 0 Å². The van der Waals surface area contributed by atoms with Crippen molar-refractivity contribution in [2.45, 2.75) is 6.92 Å². The molecule has 0 amide bonds. The van der Waals surface area contributed by atoms with E-state index in [0.29, 0.717) is 17.9 Å². The van der Waals surface area contributed by atoms with Crippen LogP contribution >= 0.6 is 0 Å². The second-order valence-electron chi connectivity index (χ2n) is 7.72. The topological polar surface area (TPSA) is 103 Å². The summed E-state index contributed by atoms with van der Waals surface area (Å²) in [5.74, 6) is 0.783. The minimum Gasteiger partial charge on any atom is -0.388 e. The summed E-state index contributed by atoms with van der Waals surface area (Å²) in [4.78, 5) is 10.6. The Labute approximate surface area is 188 Å². The Balaban J connectivity index is 1.64. The molecule has 0 atom stereocenters. The maximum absolute atomic E-state index is 8.77. The van der Waals surface area contributed by atoms with E-state index in [0.717, 1.165) is 33.8 Å². The monoisotopic (exact) mass is 425 g/mol. The smallest absolute Gasteiger partial charge is 0.141 e. The number of fused-ring (bicyclic) bond motifs is 1. The fraction of sp³-hybridized carbons (Fsp3) is 0.160. The van der Waals surface area contributed by atoms with E-state index in [1.54, 1.807) is 0 Å². The Morgan fingerprint density at radius 3 is 2.75 bits per heavy atom. The first kappa shape index (κ1) is 21.1. The van der Waals surface area contributed by atoms with Crippen molar-refractivity contribution in [3.8, 4) is 0 Å². The SMILES string of the molecule is C=C1c2c(C)cccc2C=C(CNc2ncnc(N)c2C(=N)c2cccc(NC)c2)N1C. The maximum Gasteiger partial charge on any atom is 0.141 e. The number of likely N-dealkylation sites (N-methyl/N-ethyl adjacent to an activating group) is 1. The predicted octanol–water partition coefficient (Wildman–Crippen LogP) is 4.19. The van der Waals surface area contributed by atoms with E-state index < -0.39 is 0 Å². The number of nitrogens with zero attached hydrogens (tertiary/aromatic N) is 3. The Morgan fingerprint density at radius 1 is 1.19 bits per heavy atom. The number of aryl methyl sites for hydroxylation is 1. The summed E-state index contributed by atoms with van der Waals surface area (Å²) in [6, 6.07) is 13.9. The second kappa shape index (κ2) is 8.55. The van der Waals surface area contributed by atoms with E-state index in [1.807, 2.05) is 38.4 Å². The number of anilines is 3. The summed E-state index contributed by atoms with van der Waals surface area (Å²) < 4.78 is 0. The number of nitrogens with two attached hydrogens (primary N) is 1. The van der Waals surface area contributed by atoms with Crippen LogP contribution in [0.1, 0.15) is 27.8 Å². The number of benzene rings is 2. The molecule has 0 saturated carbocycles. The first-order valence-electron chi connectivity index (χ1n) is 10.4. The van der Waals surface area contributed by atoms with E-state index in [4.69, 9.17) is 11.1 Å². The van der Waals surface area contributed by atoms with Crippen molar-refractivity contribution in [2.24, 2.45) is 0 Å². The van der Waals surface area contributed by atoms with Crippen molar-refractivity contribution in [1.29, 1.82) is 5.41 Å². The molecule has 0 bridgehead atoms. The van der Waals surface area contributed by atoms with Gasteiger partial charge in [-0.3, -0.25) is 5.41 Å². The predicted molar refractivity (Wildman–Crippen MR) is 133 cm³/mol. The van der Waals surface area contributed by atoms with Crippen LogP contribution in [-0.2, 0) is 0 Å². The maximum atomic E-state index is 8.77. The van der Waals surface area contributed by atoms with E-state index in [-0.39, 0.29) is 11.5 Å². The molecular formula is C25H27N7. The number of nitrogen functional groups attached to an aromatic ring is 1. The molecule has 0 fully saturated rings. The summed E-state index contributed by atoms with van der Waals surface area (Å²) in [7, 11) is 3.85. The zero-order valence-corrected chi connectivity index (χ0v) is 18.5. The van der Waals surface area contributed by atoms with E-state index in [2.05, 4.69) is 63.3 Å². The fourth-order valence-electron chi connectivity index (χ4n) is 3.92. The highest BCUT2D eigenvalue weighted by molar-refractivity contribution is 6.16. The minimum absolute atomic E-state index is 0.263. The molecule has 162 valence electrons. The Kier molecular flexibility index (Phi) is 5.64. The molecule has 7 nitrogen and oxygen atoms in total. The van der Waals surface area contributed by atoms with Crippen LogP contribution in [0.25, 0.3) is 11.8 Å². The summed E-state index contributed by atoms with van der Waals surface area (Å²) in [6.07, 6.45) is 3.56. The molecule has 1 aliphatic heterocycles. The molecule has 2 heterocycles. The summed E-state index contributed by atoms with van der Waals surface area (Å²) >= 11 is 0. The van der Waals surface area contributed by atoms with Gasteiger partial charge in [0.2, 0.25) is 0 Å². The van der Waals surface area contributed by atoms with Crippen molar-refractivity contribution in [2.75, 3.05) is 37.0 Å². The Bertz CT molecular complexity index is 1240. The van der Waals surface area contributed by atoms with Crippen LogP contribution in [0.2, 0.25) is 0 Å². The minimum atomic E-state index is 0.263. The molecule has 0 spiro atoms. The highest BCUT2D eigenvalue weighted by Crippen LogP contribution is 2.33. The Hall–Kier alpha value is -4.13. The number of rotatable bonds is 6. The van der Waals surface area contributed by atoms with Gasteiger partial charge >= 0.3 is 0 Å². The number of nitrogens with one attached hydrogen (secondary N) is 3. The molecule has 4 rings (SSSR count). The number of aromatic nitrogens is 2. The Morgan fingerprint density at radius 2 is 1.97 bits per heavy atom. The number of hydrogen-bond acceptors (Lipinski definition) is 7. The highest BCUT2D eigenvalue weighted by atomic mass is 15.2. The quantitative estimate of drug-likeness (QED) is 0.442. The van der Waals surface area contributed by atoms with Crippen molar-refractivity contribution in [1.82, 2.24) is 14.9 Å². The normalized spacial score (nSPS) is 12.8. The van der Waals surface area contributed by atoms with Crippen LogP contribution in [-0.4, -0.2) is 41.2 Å². The fourth-order valence-corrected chi connectivity index (χ4v) is 3.92. The lowest BCUT2D eigenvalue weighted by atomic mass is 9.94. The van der Waals surface area contributed by atoms with Gasteiger partial charge in [0, 0.05) is 42.3 Å². The summed E-state index contributed by atoms with van der Waals surface area (Å²) in [5.41, 5.74) is 14.1. The lowest BCUT2D eigenvalue weighted by Crippen LogP contribution is -2.26. The van der Waals surface area contributed by atoms with E-state index in [1.165, 1.54) is 11.9 Å². The van der Waals surface area contributed by atoms with Crippen molar-refractivity contribution < 1.29 is 0 Å². The van der Waals surface area contributed by atoms with Crippen molar-refractivity contribution >= 4 is 34.8 Å².